The molecule has 0 spiro atoms. The molecule has 9 nitrogen and oxygen atoms in total. The summed E-state index contributed by atoms with van der Waals surface area (Å²) in [7, 11) is 0. The predicted molar refractivity (Wildman–Crippen MR) is 136 cm³/mol. The maximum atomic E-state index is 12.3. The number of hydrogen-bond donors (Lipinski definition) is 1. The fourth-order valence-electron chi connectivity index (χ4n) is 3.72. The van der Waals surface area contributed by atoms with Crippen LogP contribution in [0.25, 0.3) is 28.3 Å². The quantitative estimate of drug-likeness (QED) is 0.324. The fourth-order valence-corrected chi connectivity index (χ4v) is 3.72. The van der Waals surface area contributed by atoms with Crippen LogP contribution >= 0.6 is 0 Å². The Hall–Kier alpha value is -4.79. The number of para-hydroxylation sites is 1. The van der Waals surface area contributed by atoms with Crippen LogP contribution in [0, 0.1) is 0 Å². The van der Waals surface area contributed by atoms with Gasteiger partial charge in [-0.15, -0.1) is 0 Å². The maximum absolute atomic E-state index is 12.3. The minimum Gasteiger partial charge on any atom is -0.457 e. The van der Waals surface area contributed by atoms with Crippen molar-refractivity contribution in [2.45, 2.75) is 26.4 Å². The van der Waals surface area contributed by atoms with Crippen LogP contribution in [0.1, 0.15) is 20.8 Å². The van der Waals surface area contributed by atoms with Crippen molar-refractivity contribution in [2.24, 2.45) is 0 Å². The van der Waals surface area contributed by atoms with Gasteiger partial charge in [0, 0.05) is 24.2 Å². The number of nitrogens with zero attached hydrogens (tertiary/aromatic N) is 4. The van der Waals surface area contributed by atoms with Crippen LogP contribution in [0.4, 0.5) is 10.6 Å². The van der Waals surface area contributed by atoms with Crippen molar-refractivity contribution in [2.75, 3.05) is 5.73 Å². The number of ether oxygens (including phenoxy) is 2. The molecule has 2 aromatic carbocycles. The average molecular weight is 484 g/mol. The standard InChI is InChI=1S/C27H25N5O4/c1-27(2,3)35-26(33)36-32-16-7-10-21(32)25-30-22(23-24(28)29-15-17-31(23)25)18-11-13-20(14-12-18)34-19-8-5-4-6-9-19/h4-17H,1-3H3,(H2,28,29). The van der Waals surface area contributed by atoms with Gasteiger partial charge in [-0.1, -0.05) is 18.2 Å². The van der Waals surface area contributed by atoms with E-state index in [9.17, 15) is 4.79 Å². The number of nitrogen functional groups attached to an aromatic ring is 1. The van der Waals surface area contributed by atoms with Gasteiger partial charge in [-0.25, -0.2) is 14.8 Å². The third-order valence-corrected chi connectivity index (χ3v) is 5.19. The first kappa shape index (κ1) is 23.0. The van der Waals surface area contributed by atoms with Gasteiger partial charge in [0.2, 0.25) is 0 Å². The van der Waals surface area contributed by atoms with Gasteiger partial charge in [-0.2, -0.15) is 4.73 Å². The summed E-state index contributed by atoms with van der Waals surface area (Å²) in [5, 5.41) is 0. The number of carbonyl (C=O) groups excluding carboxylic acids is 1. The Bertz CT molecular complexity index is 1520. The molecule has 3 aromatic heterocycles. The van der Waals surface area contributed by atoms with Gasteiger partial charge < -0.3 is 20.0 Å². The van der Waals surface area contributed by atoms with E-state index in [1.54, 1.807) is 51.5 Å². The van der Waals surface area contributed by atoms with Gasteiger partial charge in [-0.05, 0) is 69.3 Å². The van der Waals surface area contributed by atoms with Gasteiger partial charge in [0.25, 0.3) is 0 Å². The molecule has 0 aliphatic heterocycles. The Labute approximate surface area is 207 Å². The molecule has 0 unspecified atom stereocenters. The summed E-state index contributed by atoms with van der Waals surface area (Å²) in [5.74, 6) is 2.29. The minimum absolute atomic E-state index is 0.321. The number of benzene rings is 2. The number of carbonyl (C=O) groups is 1. The number of rotatable bonds is 5. The lowest BCUT2D eigenvalue weighted by Crippen LogP contribution is -2.30. The SMILES string of the molecule is CC(C)(C)OC(=O)On1cccc1-c1nc(-c2ccc(Oc3ccccc3)cc2)c2c(N)nccn12. The van der Waals surface area contributed by atoms with Gasteiger partial charge in [0.05, 0.1) is 0 Å². The molecule has 0 saturated carbocycles. The summed E-state index contributed by atoms with van der Waals surface area (Å²) in [6.45, 7) is 5.31. The lowest BCUT2D eigenvalue weighted by atomic mass is 10.1. The Morgan fingerprint density at radius 3 is 2.36 bits per heavy atom. The summed E-state index contributed by atoms with van der Waals surface area (Å²) in [6, 6.07) is 20.7. The Balaban J connectivity index is 1.51. The van der Waals surface area contributed by atoms with Crippen LogP contribution in [0.3, 0.4) is 0 Å². The van der Waals surface area contributed by atoms with Crippen LogP contribution in [-0.4, -0.2) is 30.9 Å². The highest BCUT2D eigenvalue weighted by Gasteiger charge is 2.23. The number of imidazole rings is 1. The molecule has 36 heavy (non-hydrogen) atoms. The van der Waals surface area contributed by atoms with E-state index in [4.69, 9.17) is 25.0 Å². The molecule has 2 N–H and O–H groups in total. The highest BCUT2D eigenvalue weighted by atomic mass is 16.8. The molecule has 3 heterocycles. The number of anilines is 1. The Kier molecular flexibility index (Phi) is 5.81. The number of fused-ring (bicyclic) bond motifs is 1. The first-order valence-electron chi connectivity index (χ1n) is 11.3. The van der Waals surface area contributed by atoms with Crippen LogP contribution in [-0.2, 0) is 4.74 Å². The number of hydrogen-bond acceptors (Lipinski definition) is 7. The topological polar surface area (TPSA) is 106 Å². The van der Waals surface area contributed by atoms with Gasteiger partial charge in [0.15, 0.2) is 5.82 Å². The van der Waals surface area contributed by atoms with Crippen LogP contribution in [0.15, 0.2) is 85.3 Å². The molecule has 0 atom stereocenters. The molecule has 182 valence electrons. The molecule has 0 aliphatic carbocycles. The van der Waals surface area contributed by atoms with E-state index in [0.29, 0.717) is 34.3 Å². The average Bonchev–Trinajstić information content (AvgIpc) is 3.44. The second-order valence-corrected chi connectivity index (χ2v) is 9.03. The third-order valence-electron chi connectivity index (χ3n) is 5.19. The molecular weight excluding hydrogens is 458 g/mol. The lowest BCUT2D eigenvalue weighted by molar-refractivity contribution is -0.00999. The largest absolute Gasteiger partial charge is 0.534 e. The third kappa shape index (κ3) is 4.72. The smallest absolute Gasteiger partial charge is 0.457 e. The zero-order valence-electron chi connectivity index (χ0n) is 20.1. The summed E-state index contributed by atoms with van der Waals surface area (Å²) < 4.78 is 14.3. The normalized spacial score (nSPS) is 11.4. The highest BCUT2D eigenvalue weighted by Crippen LogP contribution is 2.33. The molecule has 0 bridgehead atoms. The van der Waals surface area contributed by atoms with E-state index in [1.165, 1.54) is 4.73 Å². The van der Waals surface area contributed by atoms with Crippen molar-refractivity contribution < 1.29 is 19.1 Å². The fraction of sp³-hybridized carbons (Fsp3) is 0.148. The summed E-state index contributed by atoms with van der Waals surface area (Å²) in [5.41, 5.74) is 8.21. The van der Waals surface area contributed by atoms with Crippen LogP contribution in [0.5, 0.6) is 11.5 Å². The lowest BCUT2D eigenvalue weighted by Gasteiger charge is -2.19. The van der Waals surface area contributed by atoms with Crippen molar-refractivity contribution >= 4 is 17.5 Å². The monoisotopic (exact) mass is 483 g/mol. The molecule has 9 heteroatoms. The molecule has 0 fully saturated rings. The summed E-state index contributed by atoms with van der Waals surface area (Å²) >= 11 is 0. The summed E-state index contributed by atoms with van der Waals surface area (Å²) in [6.07, 6.45) is 4.14. The second-order valence-electron chi connectivity index (χ2n) is 9.03. The highest BCUT2D eigenvalue weighted by molar-refractivity contribution is 5.87. The van der Waals surface area contributed by atoms with Gasteiger partial charge in [-0.3, -0.25) is 4.40 Å². The summed E-state index contributed by atoms with van der Waals surface area (Å²) in [4.78, 5) is 26.8. The van der Waals surface area contributed by atoms with E-state index >= 15 is 0 Å². The molecule has 0 aliphatic rings. The van der Waals surface area contributed by atoms with Gasteiger partial charge in [0.1, 0.15) is 39.8 Å². The minimum atomic E-state index is -0.823. The van der Waals surface area contributed by atoms with Crippen molar-refractivity contribution in [1.82, 2.24) is 19.1 Å². The van der Waals surface area contributed by atoms with Crippen molar-refractivity contribution in [3.8, 4) is 34.3 Å². The zero-order chi connectivity index (χ0) is 25.3. The molecule has 0 radical (unpaired) electrons. The second kappa shape index (κ2) is 9.10. The molecular formula is C27H25N5O4. The van der Waals surface area contributed by atoms with E-state index < -0.39 is 11.8 Å². The van der Waals surface area contributed by atoms with Crippen LogP contribution in [0.2, 0.25) is 0 Å². The Morgan fingerprint density at radius 2 is 1.64 bits per heavy atom. The first-order chi connectivity index (χ1) is 17.3. The van der Waals surface area contributed by atoms with E-state index in [-0.39, 0.29) is 0 Å². The first-order valence-corrected chi connectivity index (χ1v) is 11.3. The van der Waals surface area contributed by atoms with Gasteiger partial charge >= 0.3 is 6.16 Å². The van der Waals surface area contributed by atoms with Crippen LogP contribution < -0.4 is 15.3 Å². The van der Waals surface area contributed by atoms with E-state index in [2.05, 4.69) is 4.98 Å². The molecule has 5 aromatic rings. The zero-order valence-corrected chi connectivity index (χ0v) is 20.1. The van der Waals surface area contributed by atoms with Crippen molar-refractivity contribution in [3.05, 3.63) is 85.3 Å². The predicted octanol–water partition coefficient (Wildman–Crippen LogP) is 5.60. The maximum Gasteiger partial charge on any atom is 0.534 e. The van der Waals surface area contributed by atoms with E-state index in [0.717, 1.165) is 11.3 Å². The van der Waals surface area contributed by atoms with Crippen molar-refractivity contribution in [1.29, 1.82) is 0 Å². The van der Waals surface area contributed by atoms with E-state index in [1.807, 2.05) is 59.0 Å². The number of nitrogens with two attached hydrogens (primary N) is 1. The number of aromatic nitrogens is 4. The Morgan fingerprint density at radius 1 is 0.917 bits per heavy atom. The molecule has 5 rings (SSSR count). The molecule has 0 saturated heterocycles. The van der Waals surface area contributed by atoms with Crippen molar-refractivity contribution in [3.63, 3.8) is 0 Å². The molecule has 0 amide bonds.